The summed E-state index contributed by atoms with van der Waals surface area (Å²) in [7, 11) is -3.06. The molecule has 1 N–H and O–H groups in total. The number of nitrogens with zero attached hydrogens (tertiary/aromatic N) is 4. The van der Waals surface area contributed by atoms with Gasteiger partial charge in [0.15, 0.2) is 16.4 Å². The lowest BCUT2D eigenvalue weighted by molar-refractivity contribution is -0.118. The third kappa shape index (κ3) is 4.51. The molecule has 11 heteroatoms. The number of aryl methyl sites for hydroxylation is 2. The van der Waals surface area contributed by atoms with Gasteiger partial charge in [0, 0.05) is 18.6 Å². The highest BCUT2D eigenvalue weighted by Gasteiger charge is 2.31. The van der Waals surface area contributed by atoms with E-state index in [9.17, 15) is 13.2 Å². The van der Waals surface area contributed by atoms with Gasteiger partial charge in [-0.1, -0.05) is 5.16 Å². The summed E-state index contributed by atoms with van der Waals surface area (Å²) in [6.07, 6.45) is 0.481. The van der Waals surface area contributed by atoms with Crippen molar-refractivity contribution in [3.8, 4) is 17.1 Å². The van der Waals surface area contributed by atoms with Crippen molar-refractivity contribution in [2.45, 2.75) is 26.3 Å². The number of sulfone groups is 1. The zero-order chi connectivity index (χ0) is 21.3. The van der Waals surface area contributed by atoms with E-state index in [0.717, 1.165) is 5.56 Å². The van der Waals surface area contributed by atoms with Gasteiger partial charge in [0.1, 0.15) is 11.6 Å². The minimum atomic E-state index is -3.06. The van der Waals surface area contributed by atoms with Gasteiger partial charge in [-0.05, 0) is 37.6 Å². The van der Waals surface area contributed by atoms with Gasteiger partial charge in [0.2, 0.25) is 11.7 Å². The number of aromatic nitrogens is 4. The fourth-order valence-corrected chi connectivity index (χ4v) is 4.99. The molecular formula is C19H21N5O5S. The Labute approximate surface area is 173 Å². The smallest absolute Gasteiger partial charge is 0.263 e. The number of rotatable bonds is 6. The Morgan fingerprint density at radius 3 is 2.70 bits per heavy atom. The lowest BCUT2D eigenvalue weighted by atomic mass is 10.2. The Morgan fingerprint density at radius 1 is 1.30 bits per heavy atom. The van der Waals surface area contributed by atoms with Gasteiger partial charge >= 0.3 is 0 Å². The van der Waals surface area contributed by atoms with E-state index in [4.69, 9.17) is 9.26 Å². The van der Waals surface area contributed by atoms with Crippen LogP contribution in [-0.2, 0) is 14.6 Å². The quantitative estimate of drug-likeness (QED) is 0.627. The molecule has 4 rings (SSSR count). The number of ether oxygens (including phenoxy) is 1. The first-order chi connectivity index (χ1) is 14.3. The molecule has 0 spiro atoms. The zero-order valence-electron chi connectivity index (χ0n) is 16.5. The van der Waals surface area contributed by atoms with Gasteiger partial charge in [0.05, 0.1) is 23.2 Å². The van der Waals surface area contributed by atoms with Crippen molar-refractivity contribution < 1.29 is 22.5 Å². The molecule has 1 unspecified atom stereocenters. The first-order valence-corrected chi connectivity index (χ1v) is 11.2. The minimum Gasteiger partial charge on any atom is -0.484 e. The van der Waals surface area contributed by atoms with E-state index >= 15 is 0 Å². The van der Waals surface area contributed by atoms with E-state index in [1.807, 2.05) is 0 Å². The molecule has 2 aromatic heterocycles. The van der Waals surface area contributed by atoms with Crippen LogP contribution in [0.2, 0.25) is 0 Å². The van der Waals surface area contributed by atoms with Crippen molar-refractivity contribution in [3.63, 3.8) is 0 Å². The molecule has 1 aromatic carbocycles. The molecule has 158 valence electrons. The number of nitrogens with one attached hydrogen (secondary N) is 1. The van der Waals surface area contributed by atoms with Crippen LogP contribution in [0.1, 0.15) is 24.0 Å². The van der Waals surface area contributed by atoms with Crippen LogP contribution in [0.4, 0.5) is 5.82 Å². The van der Waals surface area contributed by atoms with Crippen LogP contribution in [0.3, 0.4) is 0 Å². The van der Waals surface area contributed by atoms with Gasteiger partial charge in [-0.3, -0.25) is 4.79 Å². The molecule has 30 heavy (non-hydrogen) atoms. The van der Waals surface area contributed by atoms with Crippen molar-refractivity contribution in [2.24, 2.45) is 0 Å². The van der Waals surface area contributed by atoms with E-state index in [-0.39, 0.29) is 30.1 Å². The van der Waals surface area contributed by atoms with Crippen molar-refractivity contribution >= 4 is 21.6 Å². The van der Waals surface area contributed by atoms with E-state index in [1.165, 1.54) is 0 Å². The maximum atomic E-state index is 12.4. The Balaban J connectivity index is 1.36. The zero-order valence-corrected chi connectivity index (χ0v) is 17.3. The standard InChI is InChI=1S/C19H21N5O5S/c1-12-9-17(24(22-12)15-7-8-30(26,27)11-15)21-18(25)10-28-16-5-3-14(4-6-16)19-20-13(2)29-23-19/h3-6,9,15H,7-8,10-11H2,1-2H3,(H,21,25). The van der Waals surface area contributed by atoms with E-state index < -0.39 is 9.84 Å². The van der Waals surface area contributed by atoms with Gasteiger partial charge in [-0.15, -0.1) is 0 Å². The average molecular weight is 431 g/mol. The molecule has 1 fully saturated rings. The molecule has 0 radical (unpaired) electrons. The van der Waals surface area contributed by atoms with Gasteiger partial charge in [-0.25, -0.2) is 13.1 Å². The maximum absolute atomic E-state index is 12.4. The number of hydrogen-bond acceptors (Lipinski definition) is 8. The SMILES string of the molecule is Cc1cc(NC(=O)COc2ccc(-c3noc(C)n3)cc2)n(C2CCS(=O)(=O)C2)n1. The third-order valence-corrected chi connectivity index (χ3v) is 6.44. The summed E-state index contributed by atoms with van der Waals surface area (Å²) in [5.74, 6) is 1.73. The molecule has 3 heterocycles. The molecule has 3 aromatic rings. The lowest BCUT2D eigenvalue weighted by Crippen LogP contribution is -2.23. The second-order valence-corrected chi connectivity index (χ2v) is 9.40. The highest BCUT2D eigenvalue weighted by Crippen LogP contribution is 2.27. The minimum absolute atomic E-state index is 0.0275. The summed E-state index contributed by atoms with van der Waals surface area (Å²) in [4.78, 5) is 16.5. The van der Waals surface area contributed by atoms with E-state index in [1.54, 1.807) is 48.9 Å². The van der Waals surface area contributed by atoms with Crippen LogP contribution in [0.5, 0.6) is 5.75 Å². The number of hydrogen-bond donors (Lipinski definition) is 1. The number of amides is 1. The predicted octanol–water partition coefficient (Wildman–Crippen LogP) is 1.93. The van der Waals surface area contributed by atoms with Crippen LogP contribution in [0, 0.1) is 13.8 Å². The monoisotopic (exact) mass is 431 g/mol. The summed E-state index contributed by atoms with van der Waals surface area (Å²) >= 11 is 0. The van der Waals surface area contributed by atoms with Crippen molar-refractivity contribution in [2.75, 3.05) is 23.4 Å². The Kier molecular flexibility index (Phi) is 5.29. The molecule has 1 amide bonds. The van der Waals surface area contributed by atoms with E-state index in [0.29, 0.717) is 35.4 Å². The molecule has 1 saturated heterocycles. The molecule has 0 aliphatic carbocycles. The van der Waals surface area contributed by atoms with Gasteiger partial charge in [-0.2, -0.15) is 10.1 Å². The Bertz CT molecular complexity index is 1170. The summed E-state index contributed by atoms with van der Waals surface area (Å²) in [6.45, 7) is 3.30. The fourth-order valence-electron chi connectivity index (χ4n) is 3.30. The van der Waals surface area contributed by atoms with Gasteiger partial charge < -0.3 is 14.6 Å². The van der Waals surface area contributed by atoms with Crippen molar-refractivity contribution in [1.82, 2.24) is 19.9 Å². The summed E-state index contributed by atoms with van der Waals surface area (Å²) < 4.78 is 35.6. The Hall–Kier alpha value is -3.21. The first-order valence-electron chi connectivity index (χ1n) is 9.39. The molecule has 10 nitrogen and oxygen atoms in total. The van der Waals surface area contributed by atoms with Gasteiger partial charge in [0.25, 0.3) is 5.91 Å². The fraction of sp³-hybridized carbons (Fsp3) is 0.368. The van der Waals surface area contributed by atoms with Crippen LogP contribution < -0.4 is 10.1 Å². The maximum Gasteiger partial charge on any atom is 0.263 e. The molecule has 0 bridgehead atoms. The largest absolute Gasteiger partial charge is 0.484 e. The number of carbonyl (C=O) groups excluding carboxylic acids is 1. The topological polar surface area (TPSA) is 129 Å². The molecular weight excluding hydrogens is 410 g/mol. The molecule has 1 aliphatic heterocycles. The average Bonchev–Trinajstić information content (AvgIpc) is 3.39. The normalized spacial score (nSPS) is 17.7. The first kappa shape index (κ1) is 20.1. The number of anilines is 1. The van der Waals surface area contributed by atoms with Crippen molar-refractivity contribution in [1.29, 1.82) is 0 Å². The van der Waals surface area contributed by atoms with Crippen LogP contribution in [0.25, 0.3) is 11.4 Å². The highest BCUT2D eigenvalue weighted by molar-refractivity contribution is 7.91. The van der Waals surface area contributed by atoms with Crippen molar-refractivity contribution in [3.05, 3.63) is 41.9 Å². The Morgan fingerprint density at radius 2 is 2.07 bits per heavy atom. The summed E-state index contributed by atoms with van der Waals surface area (Å²) in [5, 5.41) is 11.0. The molecule has 0 saturated carbocycles. The number of carbonyl (C=O) groups is 1. The number of benzene rings is 1. The summed E-state index contributed by atoms with van der Waals surface area (Å²) in [6, 6.07) is 8.41. The van der Waals surface area contributed by atoms with Crippen LogP contribution in [0.15, 0.2) is 34.9 Å². The van der Waals surface area contributed by atoms with E-state index in [2.05, 4.69) is 20.6 Å². The molecule has 1 aliphatic rings. The van der Waals surface area contributed by atoms with Crippen LogP contribution >= 0.6 is 0 Å². The second kappa shape index (κ2) is 7.90. The lowest BCUT2D eigenvalue weighted by Gasteiger charge is -2.14. The highest BCUT2D eigenvalue weighted by atomic mass is 32.2. The second-order valence-electron chi connectivity index (χ2n) is 7.17. The third-order valence-electron chi connectivity index (χ3n) is 4.69. The molecule has 1 atom stereocenters. The summed E-state index contributed by atoms with van der Waals surface area (Å²) in [5.41, 5.74) is 1.47. The predicted molar refractivity (Wildman–Crippen MR) is 108 cm³/mol. The van der Waals surface area contributed by atoms with Crippen LogP contribution in [-0.4, -0.2) is 52.4 Å².